The number of nitrogens with one attached hydrogen (secondary N) is 1. The number of aromatic nitrogens is 4. The maximum Gasteiger partial charge on any atom is 0.295 e. The Morgan fingerprint density at radius 3 is 3.04 bits per heavy atom. The maximum atomic E-state index is 12.0. The number of aromatic amines is 1. The van der Waals surface area contributed by atoms with Crippen LogP contribution in [0.3, 0.4) is 0 Å². The molecule has 0 radical (unpaired) electrons. The van der Waals surface area contributed by atoms with Crippen LogP contribution in [0.1, 0.15) is 0 Å². The fourth-order valence-corrected chi connectivity index (χ4v) is 2.72. The third kappa shape index (κ3) is 5.24. The summed E-state index contributed by atoms with van der Waals surface area (Å²) in [5, 5.41) is 0. The van der Waals surface area contributed by atoms with Crippen LogP contribution in [0.25, 0.3) is 11.2 Å². The molecule has 1 unspecified atom stereocenters. The number of carbonyl (C=O) groups is 1. The first-order valence-corrected chi connectivity index (χ1v) is 9.29. The second-order valence-corrected chi connectivity index (χ2v) is 7.79. The van der Waals surface area contributed by atoms with Crippen molar-refractivity contribution in [1.29, 1.82) is 0 Å². The van der Waals surface area contributed by atoms with E-state index in [1.165, 1.54) is 13.0 Å². The molecule has 0 aromatic carbocycles. The zero-order chi connectivity index (χ0) is 18.4. The van der Waals surface area contributed by atoms with Gasteiger partial charge in [-0.1, -0.05) is 6.58 Å². The first kappa shape index (κ1) is 18.8. The number of hydrogen-bond acceptors (Lipinski definition) is 9. The van der Waals surface area contributed by atoms with Crippen LogP contribution < -0.4 is 11.3 Å². The molecule has 12 heteroatoms. The van der Waals surface area contributed by atoms with Crippen LogP contribution >= 0.6 is 7.37 Å². The van der Waals surface area contributed by atoms with Gasteiger partial charge in [0.05, 0.1) is 12.9 Å². The van der Waals surface area contributed by atoms with Gasteiger partial charge in [0.1, 0.15) is 6.35 Å². The third-order valence-electron chi connectivity index (χ3n) is 2.98. The molecule has 2 heterocycles. The van der Waals surface area contributed by atoms with E-state index in [1.807, 2.05) is 0 Å². The van der Waals surface area contributed by atoms with Gasteiger partial charge >= 0.3 is 0 Å². The molecule has 0 saturated carbocycles. The molecule has 0 bridgehead atoms. The van der Waals surface area contributed by atoms with Crippen LogP contribution in [0.4, 0.5) is 5.95 Å². The lowest BCUT2D eigenvalue weighted by molar-refractivity contribution is -0.134. The number of anilines is 1. The van der Waals surface area contributed by atoms with Crippen molar-refractivity contribution in [3.05, 3.63) is 28.8 Å². The Morgan fingerprint density at radius 1 is 1.56 bits per heavy atom. The van der Waals surface area contributed by atoms with Gasteiger partial charge in [0.15, 0.2) is 18.0 Å². The van der Waals surface area contributed by atoms with E-state index in [-0.39, 0.29) is 37.4 Å². The molecular formula is C13H18N5O6P. The lowest BCUT2D eigenvalue weighted by atomic mass is 10.3. The van der Waals surface area contributed by atoms with E-state index in [0.29, 0.717) is 11.2 Å². The number of nitrogen functional groups attached to an aromatic ring is 1. The van der Waals surface area contributed by atoms with E-state index in [2.05, 4.69) is 26.3 Å². The Kier molecular flexibility index (Phi) is 6.07. The van der Waals surface area contributed by atoms with Gasteiger partial charge in [-0.05, 0) is 5.57 Å². The van der Waals surface area contributed by atoms with E-state index in [4.69, 9.17) is 15.0 Å². The molecule has 0 amide bonds. The van der Waals surface area contributed by atoms with Crippen LogP contribution in [-0.2, 0) is 29.9 Å². The summed E-state index contributed by atoms with van der Waals surface area (Å²) in [4.78, 5) is 32.1. The molecule has 3 N–H and O–H groups in total. The highest BCUT2D eigenvalue weighted by Crippen LogP contribution is 2.42. The van der Waals surface area contributed by atoms with Crippen LogP contribution in [-0.4, -0.2) is 52.4 Å². The largest absolute Gasteiger partial charge is 0.440 e. The number of carbonyl (C=O) groups excluding carboxylic acids is 1. The number of rotatable bonds is 10. The van der Waals surface area contributed by atoms with Crippen molar-refractivity contribution >= 4 is 31.0 Å². The molecule has 2 rings (SSSR count). The van der Waals surface area contributed by atoms with Gasteiger partial charge in [0.2, 0.25) is 13.3 Å². The van der Waals surface area contributed by atoms with E-state index < -0.39 is 19.7 Å². The Morgan fingerprint density at radius 2 is 2.32 bits per heavy atom. The molecule has 0 aliphatic carbocycles. The summed E-state index contributed by atoms with van der Waals surface area (Å²) in [7, 11) is -3.04. The Hall–Kier alpha value is -2.49. The summed E-state index contributed by atoms with van der Waals surface area (Å²) in [5.74, 6) is -0.0114. The average molecular weight is 371 g/mol. The van der Waals surface area contributed by atoms with Gasteiger partial charge in [0, 0.05) is 13.2 Å². The zero-order valence-electron chi connectivity index (χ0n) is 13.5. The van der Waals surface area contributed by atoms with Gasteiger partial charge in [-0.15, -0.1) is 0 Å². The Balaban J connectivity index is 1.90. The van der Waals surface area contributed by atoms with Gasteiger partial charge in [-0.2, -0.15) is 4.98 Å². The fraction of sp³-hybridized carbons (Fsp3) is 0.385. The average Bonchev–Trinajstić information content (AvgIpc) is 2.90. The predicted octanol–water partition coefficient (Wildman–Crippen LogP) is 0.287. The number of hydrogen-bond donors (Lipinski definition) is 2. The summed E-state index contributed by atoms with van der Waals surface area (Å²) >= 11 is 0. The molecule has 0 aliphatic rings. The number of ether oxygens (including phenoxy) is 2. The van der Waals surface area contributed by atoms with E-state index in [1.54, 1.807) is 4.57 Å². The van der Waals surface area contributed by atoms with Gasteiger partial charge in [-0.3, -0.25) is 23.7 Å². The lowest BCUT2D eigenvalue weighted by Gasteiger charge is -2.14. The smallest absolute Gasteiger partial charge is 0.295 e. The zero-order valence-corrected chi connectivity index (χ0v) is 14.4. The number of nitrogens with zero attached hydrogens (tertiary/aromatic N) is 3. The standard InChI is InChI=1S/C13H18N5O6P/c1-9(4-22-8-25(2,21)24-7-23-6-19)3-18-5-15-10-11(18)16-13(14)17-12(10)20/h5-6H,1,3-4,7-8H2,2H3,(H3,14,16,17,20). The normalized spacial score (nSPS) is 13.5. The number of fused-ring (bicyclic) bond motifs is 1. The van der Waals surface area contributed by atoms with Crippen LogP contribution in [0.5, 0.6) is 0 Å². The minimum Gasteiger partial charge on any atom is -0.440 e. The second-order valence-electron chi connectivity index (χ2n) is 5.25. The first-order chi connectivity index (χ1) is 11.8. The molecule has 0 saturated heterocycles. The van der Waals surface area contributed by atoms with Gasteiger partial charge in [0.25, 0.3) is 12.0 Å². The summed E-state index contributed by atoms with van der Waals surface area (Å²) in [6, 6.07) is 0. The van der Waals surface area contributed by atoms with Gasteiger partial charge < -0.3 is 19.8 Å². The molecule has 25 heavy (non-hydrogen) atoms. The fourth-order valence-electron chi connectivity index (χ4n) is 1.94. The predicted molar refractivity (Wildman–Crippen MR) is 89.2 cm³/mol. The highest BCUT2D eigenvalue weighted by Gasteiger charge is 2.17. The molecule has 136 valence electrons. The molecule has 11 nitrogen and oxygen atoms in total. The Labute approximate surface area is 142 Å². The molecule has 0 spiro atoms. The molecule has 0 aliphatic heterocycles. The van der Waals surface area contributed by atoms with Crippen LogP contribution in [0, 0.1) is 0 Å². The summed E-state index contributed by atoms with van der Waals surface area (Å²) < 4.78 is 28.1. The summed E-state index contributed by atoms with van der Waals surface area (Å²) in [6.45, 7) is 5.42. The van der Waals surface area contributed by atoms with Crippen molar-refractivity contribution in [2.24, 2.45) is 0 Å². The number of imidazole rings is 1. The van der Waals surface area contributed by atoms with Crippen molar-refractivity contribution in [3.8, 4) is 0 Å². The summed E-state index contributed by atoms with van der Waals surface area (Å²) in [6.07, 6.45) is 1.28. The van der Waals surface area contributed by atoms with E-state index in [0.717, 1.165) is 0 Å². The van der Waals surface area contributed by atoms with Gasteiger partial charge in [-0.25, -0.2) is 4.98 Å². The first-order valence-electron chi connectivity index (χ1n) is 7.04. The van der Waals surface area contributed by atoms with Crippen molar-refractivity contribution in [1.82, 2.24) is 19.5 Å². The molecule has 2 aromatic rings. The van der Waals surface area contributed by atoms with Crippen LogP contribution in [0.2, 0.25) is 0 Å². The number of nitrogens with two attached hydrogens (primary N) is 1. The second kappa shape index (κ2) is 8.06. The Bertz CT molecular complexity index is 875. The quantitative estimate of drug-likeness (QED) is 0.197. The lowest BCUT2D eigenvalue weighted by Crippen LogP contribution is -2.13. The van der Waals surface area contributed by atoms with E-state index in [9.17, 15) is 14.2 Å². The minimum atomic E-state index is -3.04. The van der Waals surface area contributed by atoms with Crippen molar-refractivity contribution in [2.75, 3.05) is 32.1 Å². The highest BCUT2D eigenvalue weighted by atomic mass is 31.2. The van der Waals surface area contributed by atoms with Crippen molar-refractivity contribution < 1.29 is 23.4 Å². The molecular weight excluding hydrogens is 353 g/mol. The van der Waals surface area contributed by atoms with Crippen molar-refractivity contribution in [2.45, 2.75) is 6.54 Å². The maximum absolute atomic E-state index is 12.0. The topological polar surface area (TPSA) is 151 Å². The molecule has 0 fully saturated rings. The minimum absolute atomic E-state index is 0.0114. The SMILES string of the molecule is C=C(COCP(C)(=O)OCOC=O)Cn1cnc2c(=O)[nH]c(N)nc21. The van der Waals surface area contributed by atoms with Crippen molar-refractivity contribution in [3.63, 3.8) is 0 Å². The highest BCUT2D eigenvalue weighted by molar-refractivity contribution is 7.57. The van der Waals surface area contributed by atoms with E-state index >= 15 is 0 Å². The molecule has 2 aromatic heterocycles. The molecule has 1 atom stereocenters. The monoisotopic (exact) mass is 371 g/mol. The number of H-pyrrole nitrogens is 1. The summed E-state index contributed by atoms with van der Waals surface area (Å²) in [5.41, 5.74) is 6.23. The third-order valence-corrected chi connectivity index (χ3v) is 4.28. The van der Waals surface area contributed by atoms with Crippen LogP contribution in [0.15, 0.2) is 23.3 Å².